The summed E-state index contributed by atoms with van der Waals surface area (Å²) in [6.45, 7) is 0. The molecule has 2 unspecified atom stereocenters. The number of aromatic hydroxyl groups is 1. The Morgan fingerprint density at radius 2 is 1.59 bits per heavy atom. The molecule has 1 fully saturated rings. The van der Waals surface area contributed by atoms with Crippen LogP contribution in [0.1, 0.15) is 29.4 Å². The van der Waals surface area contributed by atoms with Gasteiger partial charge in [0.25, 0.3) is 0 Å². The minimum absolute atomic E-state index is 0.184. The van der Waals surface area contributed by atoms with E-state index in [0.717, 1.165) is 29.0 Å². The number of phenolic OH excluding ortho intramolecular Hbond substituents is 1. The lowest BCUT2D eigenvalue weighted by atomic mass is 10.0. The van der Waals surface area contributed by atoms with Crippen LogP contribution in [0.2, 0.25) is 0 Å². The predicted octanol–water partition coefficient (Wildman–Crippen LogP) is 3.69. The first-order chi connectivity index (χ1) is 10.7. The molecule has 0 bridgehead atoms. The molecule has 1 aliphatic rings. The summed E-state index contributed by atoms with van der Waals surface area (Å²) in [6, 6.07) is 11.5. The number of phenols is 1. The van der Waals surface area contributed by atoms with Gasteiger partial charge in [0.2, 0.25) is 0 Å². The van der Waals surface area contributed by atoms with Gasteiger partial charge in [-0.25, -0.2) is 0 Å². The Hall–Kier alpha value is -2.36. The van der Waals surface area contributed by atoms with Crippen LogP contribution in [0.4, 0.5) is 0 Å². The number of rotatable bonds is 5. The standard InChI is InChI=1S/C18H20O4/c1-20-12-5-7-17(21-2)15(9-12)14-10-13(14)11-4-6-18(22-3)16(19)8-11/h4-9,13-14,19H,10H2,1-3H3. The summed E-state index contributed by atoms with van der Waals surface area (Å²) in [6.07, 6.45) is 1.04. The topological polar surface area (TPSA) is 47.9 Å². The highest BCUT2D eigenvalue weighted by Gasteiger charge is 2.41. The summed E-state index contributed by atoms with van der Waals surface area (Å²) >= 11 is 0. The first-order valence-electron chi connectivity index (χ1n) is 7.26. The van der Waals surface area contributed by atoms with Crippen LogP contribution in [0.25, 0.3) is 0 Å². The fraction of sp³-hybridized carbons (Fsp3) is 0.333. The average Bonchev–Trinajstić information content (AvgIpc) is 3.34. The van der Waals surface area contributed by atoms with Gasteiger partial charge in [-0.15, -0.1) is 0 Å². The van der Waals surface area contributed by atoms with Crippen LogP contribution in [0, 0.1) is 0 Å². The molecular weight excluding hydrogens is 280 g/mol. The first kappa shape index (κ1) is 14.6. The molecule has 0 spiro atoms. The van der Waals surface area contributed by atoms with E-state index in [1.54, 1.807) is 27.4 Å². The van der Waals surface area contributed by atoms with Gasteiger partial charge >= 0.3 is 0 Å². The number of hydrogen-bond acceptors (Lipinski definition) is 4. The van der Waals surface area contributed by atoms with Crippen molar-refractivity contribution < 1.29 is 19.3 Å². The Balaban J connectivity index is 1.86. The summed E-state index contributed by atoms with van der Waals surface area (Å²) in [4.78, 5) is 0. The van der Waals surface area contributed by atoms with Crippen LogP contribution in [0.5, 0.6) is 23.0 Å². The monoisotopic (exact) mass is 300 g/mol. The number of benzene rings is 2. The number of ether oxygens (including phenoxy) is 3. The van der Waals surface area contributed by atoms with Crippen LogP contribution in [-0.2, 0) is 0 Å². The lowest BCUT2D eigenvalue weighted by Crippen LogP contribution is -1.93. The molecule has 1 aliphatic carbocycles. The Labute approximate surface area is 130 Å². The van der Waals surface area contributed by atoms with Gasteiger partial charge in [-0.05, 0) is 54.2 Å². The molecule has 1 N–H and O–H groups in total. The number of methoxy groups -OCH3 is 3. The SMILES string of the molecule is COc1ccc(OC)c(C2CC2c2ccc(OC)c(O)c2)c1. The normalized spacial score (nSPS) is 19.6. The molecule has 0 radical (unpaired) electrons. The highest BCUT2D eigenvalue weighted by atomic mass is 16.5. The van der Waals surface area contributed by atoms with Crippen molar-refractivity contribution in [2.24, 2.45) is 0 Å². The van der Waals surface area contributed by atoms with Gasteiger partial charge in [-0.3, -0.25) is 0 Å². The maximum atomic E-state index is 9.94. The van der Waals surface area contributed by atoms with Crippen LogP contribution < -0.4 is 14.2 Å². The van der Waals surface area contributed by atoms with Gasteiger partial charge < -0.3 is 19.3 Å². The molecule has 0 aliphatic heterocycles. The predicted molar refractivity (Wildman–Crippen MR) is 84.3 cm³/mol. The fourth-order valence-corrected chi connectivity index (χ4v) is 2.97. The molecular formula is C18H20O4. The summed E-state index contributed by atoms with van der Waals surface area (Å²) in [5.41, 5.74) is 2.27. The fourth-order valence-electron chi connectivity index (χ4n) is 2.97. The molecule has 2 aromatic rings. The summed E-state index contributed by atoms with van der Waals surface area (Å²) in [5, 5.41) is 9.94. The van der Waals surface area contributed by atoms with Crippen LogP contribution >= 0.6 is 0 Å². The molecule has 0 aromatic heterocycles. The van der Waals surface area contributed by atoms with Crippen LogP contribution in [0.15, 0.2) is 36.4 Å². The van der Waals surface area contributed by atoms with E-state index in [-0.39, 0.29) is 5.75 Å². The van der Waals surface area contributed by atoms with E-state index in [2.05, 4.69) is 0 Å². The van der Waals surface area contributed by atoms with E-state index in [1.807, 2.05) is 30.3 Å². The Morgan fingerprint density at radius 1 is 0.864 bits per heavy atom. The van der Waals surface area contributed by atoms with E-state index < -0.39 is 0 Å². The van der Waals surface area contributed by atoms with Crippen molar-refractivity contribution in [3.05, 3.63) is 47.5 Å². The second-order valence-electron chi connectivity index (χ2n) is 5.49. The van der Waals surface area contributed by atoms with Crippen molar-refractivity contribution in [1.29, 1.82) is 0 Å². The molecule has 2 atom stereocenters. The van der Waals surface area contributed by atoms with Crippen molar-refractivity contribution in [3.63, 3.8) is 0 Å². The summed E-state index contributed by atoms with van der Waals surface area (Å²) < 4.78 is 15.9. The smallest absolute Gasteiger partial charge is 0.160 e. The lowest BCUT2D eigenvalue weighted by Gasteiger charge is -2.11. The van der Waals surface area contributed by atoms with Gasteiger partial charge in [0.1, 0.15) is 11.5 Å². The second kappa shape index (κ2) is 5.79. The molecule has 2 aromatic carbocycles. The Bertz CT molecular complexity index is 681. The highest BCUT2D eigenvalue weighted by Crippen LogP contribution is 2.57. The van der Waals surface area contributed by atoms with Crippen LogP contribution in [-0.4, -0.2) is 26.4 Å². The van der Waals surface area contributed by atoms with Crippen molar-refractivity contribution in [3.8, 4) is 23.0 Å². The molecule has 116 valence electrons. The first-order valence-corrected chi connectivity index (χ1v) is 7.26. The maximum absolute atomic E-state index is 9.94. The number of hydrogen-bond donors (Lipinski definition) is 1. The van der Waals surface area contributed by atoms with Crippen molar-refractivity contribution in [1.82, 2.24) is 0 Å². The third kappa shape index (κ3) is 2.56. The minimum atomic E-state index is 0.184. The molecule has 4 nitrogen and oxygen atoms in total. The molecule has 3 rings (SSSR count). The van der Waals surface area contributed by atoms with E-state index in [4.69, 9.17) is 14.2 Å². The molecule has 0 amide bonds. The zero-order chi connectivity index (χ0) is 15.7. The molecule has 4 heteroatoms. The van der Waals surface area contributed by atoms with Crippen molar-refractivity contribution in [2.75, 3.05) is 21.3 Å². The van der Waals surface area contributed by atoms with Gasteiger partial charge in [-0.2, -0.15) is 0 Å². The second-order valence-corrected chi connectivity index (χ2v) is 5.49. The zero-order valence-electron chi connectivity index (χ0n) is 13.0. The van der Waals surface area contributed by atoms with Gasteiger partial charge in [-0.1, -0.05) is 6.07 Å². The van der Waals surface area contributed by atoms with Gasteiger partial charge in [0.05, 0.1) is 21.3 Å². The molecule has 0 heterocycles. The van der Waals surface area contributed by atoms with E-state index in [9.17, 15) is 5.11 Å². The summed E-state index contributed by atoms with van der Waals surface area (Å²) in [5.74, 6) is 3.17. The van der Waals surface area contributed by atoms with E-state index in [0.29, 0.717) is 17.6 Å². The minimum Gasteiger partial charge on any atom is -0.504 e. The molecule has 0 saturated heterocycles. The van der Waals surface area contributed by atoms with Gasteiger partial charge in [0, 0.05) is 5.56 Å². The van der Waals surface area contributed by atoms with Crippen LogP contribution in [0.3, 0.4) is 0 Å². The Kier molecular flexibility index (Phi) is 3.84. The average molecular weight is 300 g/mol. The summed E-state index contributed by atoms with van der Waals surface area (Å²) in [7, 11) is 4.90. The third-order valence-corrected chi connectivity index (χ3v) is 4.26. The molecule has 22 heavy (non-hydrogen) atoms. The van der Waals surface area contributed by atoms with Gasteiger partial charge in [0.15, 0.2) is 11.5 Å². The van der Waals surface area contributed by atoms with E-state index in [1.165, 1.54) is 0 Å². The van der Waals surface area contributed by atoms with Crippen molar-refractivity contribution in [2.45, 2.75) is 18.3 Å². The van der Waals surface area contributed by atoms with E-state index >= 15 is 0 Å². The third-order valence-electron chi connectivity index (χ3n) is 4.26. The maximum Gasteiger partial charge on any atom is 0.160 e. The quantitative estimate of drug-likeness (QED) is 0.915. The lowest BCUT2D eigenvalue weighted by molar-refractivity contribution is 0.373. The molecule has 1 saturated carbocycles. The zero-order valence-corrected chi connectivity index (χ0v) is 13.0. The van der Waals surface area contributed by atoms with Crippen molar-refractivity contribution >= 4 is 0 Å². The Morgan fingerprint density at radius 3 is 2.23 bits per heavy atom. The highest BCUT2D eigenvalue weighted by molar-refractivity contribution is 5.50. The largest absolute Gasteiger partial charge is 0.504 e.